The maximum atomic E-state index is 13.2. The highest BCUT2D eigenvalue weighted by molar-refractivity contribution is 6.39. The molecule has 2 atom stereocenters. The first-order valence-electron chi connectivity index (χ1n) is 11.6. The smallest absolute Gasteiger partial charge is 0.413 e. The lowest BCUT2D eigenvalue weighted by Gasteiger charge is -2.38. The number of carbonyl (C=O) groups is 3. The summed E-state index contributed by atoms with van der Waals surface area (Å²) in [6.45, 7) is 9.56. The second-order valence-electron chi connectivity index (χ2n) is 9.76. The number of aryl methyl sites for hydroxylation is 1. The summed E-state index contributed by atoms with van der Waals surface area (Å²) >= 11 is 0. The van der Waals surface area contributed by atoms with Crippen LogP contribution in [-0.4, -0.2) is 52.0 Å². The molecule has 0 spiro atoms. The van der Waals surface area contributed by atoms with Crippen LogP contribution in [0, 0.1) is 12.8 Å². The van der Waals surface area contributed by atoms with E-state index in [1.165, 1.54) is 13.3 Å². The summed E-state index contributed by atoms with van der Waals surface area (Å²) in [5.74, 6) is -0.335. The predicted molar refractivity (Wildman–Crippen MR) is 131 cm³/mol. The Balaban J connectivity index is 1.71. The van der Waals surface area contributed by atoms with Crippen LogP contribution in [0.1, 0.15) is 57.7 Å². The van der Waals surface area contributed by atoms with Gasteiger partial charge in [-0.15, -0.1) is 0 Å². The quantitative estimate of drug-likeness (QED) is 0.628. The monoisotopic (exact) mass is 483 g/mol. The zero-order chi connectivity index (χ0) is 25.8. The van der Waals surface area contributed by atoms with Crippen molar-refractivity contribution in [3.05, 3.63) is 41.7 Å². The van der Waals surface area contributed by atoms with Gasteiger partial charge in [0.25, 0.3) is 0 Å². The summed E-state index contributed by atoms with van der Waals surface area (Å²) in [5, 5.41) is 5.22. The van der Waals surface area contributed by atoms with Gasteiger partial charge >= 0.3 is 17.9 Å². The number of ether oxygens (including phenoxy) is 2. The van der Waals surface area contributed by atoms with Crippen LogP contribution in [0.15, 0.2) is 30.6 Å². The number of rotatable bonds is 4. The zero-order valence-electron chi connectivity index (χ0n) is 21.0. The van der Waals surface area contributed by atoms with Crippen molar-refractivity contribution in [2.75, 3.05) is 24.3 Å². The summed E-state index contributed by atoms with van der Waals surface area (Å²) in [7, 11) is 1.54. The minimum atomic E-state index is -0.751. The highest BCUT2D eigenvalue weighted by Gasteiger charge is 2.34. The van der Waals surface area contributed by atoms with Crippen molar-refractivity contribution in [3.63, 3.8) is 0 Å². The Labute approximate surface area is 205 Å². The average Bonchev–Trinajstić information content (AvgIpc) is 2.79. The first kappa shape index (κ1) is 25.9. The van der Waals surface area contributed by atoms with Gasteiger partial charge in [-0.1, -0.05) is 6.92 Å². The summed E-state index contributed by atoms with van der Waals surface area (Å²) in [6.07, 6.45) is 4.07. The first-order valence-corrected chi connectivity index (χ1v) is 11.6. The van der Waals surface area contributed by atoms with Crippen LogP contribution in [0.25, 0.3) is 0 Å². The Morgan fingerprint density at radius 2 is 1.86 bits per heavy atom. The Morgan fingerprint density at radius 3 is 2.51 bits per heavy atom. The Kier molecular flexibility index (Phi) is 7.93. The van der Waals surface area contributed by atoms with Gasteiger partial charge in [0.15, 0.2) is 0 Å². The van der Waals surface area contributed by atoms with E-state index in [2.05, 4.69) is 27.5 Å². The van der Waals surface area contributed by atoms with Crippen molar-refractivity contribution in [3.8, 4) is 5.88 Å². The molecule has 0 aromatic carbocycles. The molecule has 0 unspecified atom stereocenters. The molecule has 3 rings (SSSR count). The van der Waals surface area contributed by atoms with E-state index in [9.17, 15) is 14.4 Å². The summed E-state index contributed by atoms with van der Waals surface area (Å²) in [6, 6.07) is 5.02. The minimum Gasteiger partial charge on any atom is -0.481 e. The lowest BCUT2D eigenvalue weighted by atomic mass is 9.90. The normalized spacial score (nSPS) is 17.9. The molecule has 1 saturated heterocycles. The molecular weight excluding hydrogens is 450 g/mol. The van der Waals surface area contributed by atoms with Crippen LogP contribution in [0.2, 0.25) is 0 Å². The number of piperidine rings is 1. The van der Waals surface area contributed by atoms with Crippen molar-refractivity contribution in [1.29, 1.82) is 0 Å². The van der Waals surface area contributed by atoms with Crippen molar-refractivity contribution in [2.24, 2.45) is 5.92 Å². The van der Waals surface area contributed by atoms with Gasteiger partial charge in [0, 0.05) is 18.8 Å². The third-order valence-electron chi connectivity index (χ3n) is 5.58. The first-order chi connectivity index (χ1) is 16.5. The summed E-state index contributed by atoms with van der Waals surface area (Å²) in [5.41, 5.74) is 1.19. The van der Waals surface area contributed by atoms with E-state index in [-0.39, 0.29) is 12.0 Å². The van der Waals surface area contributed by atoms with Crippen LogP contribution in [-0.2, 0) is 14.3 Å². The van der Waals surface area contributed by atoms with Crippen LogP contribution < -0.4 is 15.4 Å². The number of nitrogens with one attached hydrogen (secondary N) is 2. The number of nitrogens with zero attached hydrogens (tertiary/aromatic N) is 3. The molecule has 1 fully saturated rings. The van der Waals surface area contributed by atoms with Gasteiger partial charge in [-0.3, -0.25) is 14.9 Å². The van der Waals surface area contributed by atoms with Gasteiger partial charge in [-0.25, -0.2) is 14.8 Å². The second-order valence-corrected chi connectivity index (χ2v) is 9.76. The zero-order valence-corrected chi connectivity index (χ0v) is 21.0. The fourth-order valence-electron chi connectivity index (χ4n) is 3.96. The molecule has 1 aliphatic heterocycles. The van der Waals surface area contributed by atoms with Crippen LogP contribution in [0.4, 0.5) is 16.3 Å². The largest absolute Gasteiger partial charge is 0.481 e. The van der Waals surface area contributed by atoms with E-state index in [0.717, 1.165) is 18.4 Å². The number of carbonyl (C=O) groups excluding carboxylic acids is 3. The van der Waals surface area contributed by atoms with Gasteiger partial charge in [0.05, 0.1) is 25.0 Å². The molecule has 3 heterocycles. The van der Waals surface area contributed by atoms with Crippen molar-refractivity contribution in [1.82, 2.24) is 14.9 Å². The number of aromatic nitrogens is 2. The molecule has 0 bridgehead atoms. The van der Waals surface area contributed by atoms with Gasteiger partial charge in [-0.05, 0) is 69.7 Å². The van der Waals surface area contributed by atoms with Gasteiger partial charge in [0.1, 0.15) is 11.4 Å². The number of likely N-dealkylation sites (tertiary alicyclic amines) is 1. The molecular formula is C25H33N5O5. The van der Waals surface area contributed by atoms with E-state index in [4.69, 9.17) is 9.47 Å². The third kappa shape index (κ3) is 6.91. The van der Waals surface area contributed by atoms with Crippen molar-refractivity contribution in [2.45, 2.75) is 59.1 Å². The molecule has 2 aromatic rings. The van der Waals surface area contributed by atoms with E-state index in [1.807, 2.05) is 6.07 Å². The fraction of sp³-hybridized carbons (Fsp3) is 0.480. The molecule has 0 aliphatic carbocycles. The minimum absolute atomic E-state index is 0.249. The van der Waals surface area contributed by atoms with E-state index >= 15 is 0 Å². The number of methoxy groups -OCH3 is 1. The molecule has 10 heteroatoms. The van der Waals surface area contributed by atoms with Crippen molar-refractivity contribution >= 4 is 29.4 Å². The number of hydrogen-bond donors (Lipinski definition) is 2. The Morgan fingerprint density at radius 1 is 1.11 bits per heavy atom. The van der Waals surface area contributed by atoms with E-state index in [0.29, 0.717) is 29.5 Å². The lowest BCUT2D eigenvalue weighted by molar-refractivity contribution is -0.146. The molecule has 35 heavy (non-hydrogen) atoms. The number of hydrogen-bond acceptors (Lipinski definition) is 7. The van der Waals surface area contributed by atoms with Crippen LogP contribution in [0.3, 0.4) is 0 Å². The molecule has 188 valence electrons. The second kappa shape index (κ2) is 10.7. The molecule has 10 nitrogen and oxygen atoms in total. The van der Waals surface area contributed by atoms with Gasteiger partial charge < -0.3 is 19.7 Å². The lowest BCUT2D eigenvalue weighted by Crippen LogP contribution is -2.46. The Bertz CT molecular complexity index is 1100. The maximum Gasteiger partial charge on any atom is 0.413 e. The van der Waals surface area contributed by atoms with E-state index < -0.39 is 23.5 Å². The predicted octanol–water partition coefficient (Wildman–Crippen LogP) is 4.08. The Hall–Kier alpha value is -3.69. The molecule has 2 aromatic heterocycles. The number of anilines is 2. The van der Waals surface area contributed by atoms with Gasteiger partial charge in [0.2, 0.25) is 5.88 Å². The number of amides is 3. The third-order valence-corrected chi connectivity index (χ3v) is 5.58. The topological polar surface area (TPSA) is 123 Å². The van der Waals surface area contributed by atoms with Gasteiger partial charge in [-0.2, -0.15) is 0 Å². The molecule has 2 N–H and O–H groups in total. The maximum absolute atomic E-state index is 13.2. The molecule has 0 saturated carbocycles. The molecule has 3 amide bonds. The van der Waals surface area contributed by atoms with Crippen LogP contribution in [0.5, 0.6) is 5.88 Å². The standard InChI is InChI=1S/C25H33N5O5/c1-15-7-8-19(17-9-10-26-20(12-17)34-6)30(14-15)23(32)22(31)28-18-11-16(2)21(27-13-18)29-24(33)35-25(3,4)5/h9-13,15,19H,7-8,14H2,1-6H3,(H,28,31)(H,27,29,33)/t15-,19+/m0/s1. The van der Waals surface area contributed by atoms with Crippen molar-refractivity contribution < 1.29 is 23.9 Å². The highest BCUT2D eigenvalue weighted by atomic mass is 16.6. The van der Waals surface area contributed by atoms with Crippen LogP contribution >= 0.6 is 0 Å². The average molecular weight is 484 g/mol. The van der Waals surface area contributed by atoms with E-state index in [1.54, 1.807) is 50.9 Å². The fourth-order valence-corrected chi connectivity index (χ4v) is 3.96. The summed E-state index contributed by atoms with van der Waals surface area (Å²) in [4.78, 5) is 48.0. The SMILES string of the molecule is COc1cc([C@H]2CC[C@H](C)CN2C(=O)C(=O)Nc2cnc(NC(=O)OC(C)(C)C)c(C)c2)ccn1. The summed E-state index contributed by atoms with van der Waals surface area (Å²) < 4.78 is 10.5. The molecule has 0 radical (unpaired) electrons. The number of pyridine rings is 2. The highest BCUT2D eigenvalue weighted by Crippen LogP contribution is 2.34. The molecule has 1 aliphatic rings.